The molecule has 1 heterocycles. The second-order valence-corrected chi connectivity index (χ2v) is 3.54. The molecule has 0 unspecified atom stereocenters. The minimum Gasteiger partial charge on any atom is -0.391 e. The highest BCUT2D eigenvalue weighted by molar-refractivity contribution is 6.30. The van der Waals surface area contributed by atoms with Crippen LogP contribution < -0.4 is 5.73 Å². The number of nitrogen functional groups attached to an aromatic ring is 1. The number of anilines is 1. The summed E-state index contributed by atoms with van der Waals surface area (Å²) in [5, 5.41) is 13.7. The zero-order valence-electron chi connectivity index (χ0n) is 7.89. The largest absolute Gasteiger partial charge is 0.391 e. The number of hydrogen-bond acceptors (Lipinski definition) is 3. The van der Waals surface area contributed by atoms with Gasteiger partial charge in [0.15, 0.2) is 0 Å². The van der Waals surface area contributed by atoms with E-state index in [0.29, 0.717) is 16.4 Å². The van der Waals surface area contributed by atoms with Crippen LogP contribution in [0.15, 0.2) is 30.5 Å². The van der Waals surface area contributed by atoms with Gasteiger partial charge in [-0.05, 0) is 24.3 Å². The van der Waals surface area contributed by atoms with Gasteiger partial charge in [0.05, 0.1) is 18.5 Å². The minimum absolute atomic E-state index is 0.112. The molecule has 0 fully saturated rings. The van der Waals surface area contributed by atoms with Crippen LogP contribution in [-0.2, 0) is 6.61 Å². The molecule has 0 saturated heterocycles. The Labute approximate surface area is 91.9 Å². The molecule has 1 aromatic heterocycles. The van der Waals surface area contributed by atoms with Crippen molar-refractivity contribution in [2.24, 2.45) is 0 Å². The van der Waals surface area contributed by atoms with Gasteiger partial charge >= 0.3 is 0 Å². The summed E-state index contributed by atoms with van der Waals surface area (Å²) < 4.78 is 1.56. The molecular formula is C10H10ClN3O. The molecule has 0 atom stereocenters. The van der Waals surface area contributed by atoms with Crippen LogP contribution in [0.1, 0.15) is 5.56 Å². The van der Waals surface area contributed by atoms with Crippen LogP contribution in [0, 0.1) is 0 Å². The van der Waals surface area contributed by atoms with Crippen LogP contribution in [0.5, 0.6) is 0 Å². The number of aromatic nitrogens is 2. The third-order valence-corrected chi connectivity index (χ3v) is 2.38. The second kappa shape index (κ2) is 3.92. The van der Waals surface area contributed by atoms with Crippen molar-refractivity contribution in [3.63, 3.8) is 0 Å². The number of aliphatic hydroxyl groups is 1. The van der Waals surface area contributed by atoms with Gasteiger partial charge in [-0.2, -0.15) is 5.10 Å². The first-order valence-corrected chi connectivity index (χ1v) is 4.79. The average molecular weight is 224 g/mol. The molecule has 4 nitrogen and oxygen atoms in total. The third kappa shape index (κ3) is 1.82. The van der Waals surface area contributed by atoms with Crippen LogP contribution >= 0.6 is 11.6 Å². The van der Waals surface area contributed by atoms with Crippen LogP contribution in [0.25, 0.3) is 5.69 Å². The van der Waals surface area contributed by atoms with Crippen molar-refractivity contribution in [3.05, 3.63) is 41.0 Å². The highest BCUT2D eigenvalue weighted by Crippen LogP contribution is 2.18. The maximum Gasteiger partial charge on any atom is 0.132 e. The Bertz CT molecular complexity index is 464. The van der Waals surface area contributed by atoms with Crippen molar-refractivity contribution in [2.45, 2.75) is 6.61 Å². The van der Waals surface area contributed by atoms with Gasteiger partial charge in [0.2, 0.25) is 0 Å². The maximum absolute atomic E-state index is 8.97. The Morgan fingerprint density at radius 1 is 1.33 bits per heavy atom. The smallest absolute Gasteiger partial charge is 0.132 e. The van der Waals surface area contributed by atoms with E-state index in [1.807, 2.05) is 12.1 Å². The minimum atomic E-state index is -0.112. The van der Waals surface area contributed by atoms with Crippen molar-refractivity contribution in [2.75, 3.05) is 5.73 Å². The lowest BCUT2D eigenvalue weighted by Gasteiger charge is -2.04. The molecule has 0 radical (unpaired) electrons. The van der Waals surface area contributed by atoms with Gasteiger partial charge in [-0.25, -0.2) is 4.68 Å². The number of hydrogen-bond donors (Lipinski definition) is 2. The molecule has 0 amide bonds. The van der Waals surface area contributed by atoms with Crippen LogP contribution in [0.4, 0.5) is 5.82 Å². The summed E-state index contributed by atoms with van der Waals surface area (Å²) in [7, 11) is 0. The van der Waals surface area contributed by atoms with Gasteiger partial charge in [0, 0.05) is 10.6 Å². The van der Waals surface area contributed by atoms with Crippen molar-refractivity contribution in [1.29, 1.82) is 0 Å². The highest BCUT2D eigenvalue weighted by Gasteiger charge is 2.07. The van der Waals surface area contributed by atoms with Gasteiger partial charge in [0.1, 0.15) is 5.82 Å². The molecule has 78 valence electrons. The molecule has 15 heavy (non-hydrogen) atoms. The van der Waals surface area contributed by atoms with E-state index in [-0.39, 0.29) is 6.61 Å². The number of halogens is 1. The van der Waals surface area contributed by atoms with Crippen molar-refractivity contribution in [1.82, 2.24) is 9.78 Å². The van der Waals surface area contributed by atoms with E-state index in [2.05, 4.69) is 5.10 Å². The molecule has 0 aliphatic carbocycles. The lowest BCUT2D eigenvalue weighted by molar-refractivity contribution is 0.282. The van der Waals surface area contributed by atoms with E-state index in [1.165, 1.54) is 0 Å². The van der Waals surface area contributed by atoms with Gasteiger partial charge in [0.25, 0.3) is 0 Å². The number of rotatable bonds is 2. The molecule has 0 aliphatic rings. The fraction of sp³-hybridized carbons (Fsp3) is 0.100. The van der Waals surface area contributed by atoms with Crippen molar-refractivity contribution >= 4 is 17.4 Å². The number of nitrogens with two attached hydrogens (primary N) is 1. The molecule has 0 saturated carbocycles. The van der Waals surface area contributed by atoms with Crippen molar-refractivity contribution < 1.29 is 5.11 Å². The van der Waals surface area contributed by atoms with Gasteiger partial charge in [-0.15, -0.1) is 0 Å². The molecule has 5 heteroatoms. The number of aliphatic hydroxyl groups excluding tert-OH is 1. The van der Waals surface area contributed by atoms with E-state index in [0.717, 1.165) is 5.69 Å². The Morgan fingerprint density at radius 3 is 2.53 bits per heavy atom. The molecule has 0 spiro atoms. The first-order valence-electron chi connectivity index (χ1n) is 4.41. The Hall–Kier alpha value is -1.52. The zero-order chi connectivity index (χ0) is 10.8. The Balaban J connectivity index is 2.45. The third-order valence-electron chi connectivity index (χ3n) is 2.13. The fourth-order valence-electron chi connectivity index (χ4n) is 1.30. The maximum atomic E-state index is 8.97. The molecule has 3 N–H and O–H groups in total. The van der Waals surface area contributed by atoms with Gasteiger partial charge in [-0.3, -0.25) is 0 Å². The zero-order valence-corrected chi connectivity index (χ0v) is 8.65. The van der Waals surface area contributed by atoms with E-state index in [4.69, 9.17) is 22.4 Å². The normalized spacial score (nSPS) is 10.5. The van der Waals surface area contributed by atoms with E-state index in [1.54, 1.807) is 23.0 Å². The molecule has 2 rings (SSSR count). The highest BCUT2D eigenvalue weighted by atomic mass is 35.5. The predicted molar refractivity (Wildman–Crippen MR) is 58.9 cm³/mol. The molecule has 1 aromatic carbocycles. The lowest BCUT2D eigenvalue weighted by Crippen LogP contribution is -2.02. The first kappa shape index (κ1) is 10.0. The summed E-state index contributed by atoms with van der Waals surface area (Å²) in [6.45, 7) is -0.112. The fourth-order valence-corrected chi connectivity index (χ4v) is 1.43. The van der Waals surface area contributed by atoms with E-state index >= 15 is 0 Å². The summed E-state index contributed by atoms with van der Waals surface area (Å²) in [5.74, 6) is 0.444. The average Bonchev–Trinajstić information content (AvgIpc) is 2.61. The second-order valence-electron chi connectivity index (χ2n) is 3.10. The number of benzene rings is 1. The van der Waals surface area contributed by atoms with E-state index < -0.39 is 0 Å². The summed E-state index contributed by atoms with van der Waals surface area (Å²) in [5.41, 5.74) is 7.22. The quantitative estimate of drug-likeness (QED) is 0.813. The standard InChI is InChI=1S/C10H10ClN3O/c11-8-1-3-9(4-2-8)14-10(12)7(6-15)5-13-14/h1-5,15H,6,12H2. The Kier molecular flexibility index (Phi) is 2.62. The molecule has 0 bridgehead atoms. The predicted octanol–water partition coefficient (Wildman–Crippen LogP) is 1.60. The van der Waals surface area contributed by atoms with Crippen LogP contribution in [0.3, 0.4) is 0 Å². The summed E-state index contributed by atoms with van der Waals surface area (Å²) in [6, 6.07) is 7.15. The van der Waals surface area contributed by atoms with E-state index in [9.17, 15) is 0 Å². The lowest BCUT2D eigenvalue weighted by atomic mass is 10.3. The van der Waals surface area contributed by atoms with Crippen LogP contribution in [-0.4, -0.2) is 14.9 Å². The first-order chi connectivity index (χ1) is 7.22. The number of nitrogens with zero attached hydrogens (tertiary/aromatic N) is 2. The summed E-state index contributed by atoms with van der Waals surface area (Å²) in [6.07, 6.45) is 1.55. The SMILES string of the molecule is Nc1c(CO)cnn1-c1ccc(Cl)cc1. The molecular weight excluding hydrogens is 214 g/mol. The van der Waals surface area contributed by atoms with Gasteiger partial charge < -0.3 is 10.8 Å². The molecule has 2 aromatic rings. The molecule has 0 aliphatic heterocycles. The van der Waals surface area contributed by atoms with Gasteiger partial charge in [-0.1, -0.05) is 11.6 Å². The Morgan fingerprint density at radius 2 is 2.00 bits per heavy atom. The topological polar surface area (TPSA) is 64.1 Å². The summed E-state index contributed by atoms with van der Waals surface area (Å²) >= 11 is 5.77. The van der Waals surface area contributed by atoms with Crippen LogP contribution in [0.2, 0.25) is 5.02 Å². The summed E-state index contributed by atoms with van der Waals surface area (Å²) in [4.78, 5) is 0. The monoisotopic (exact) mass is 223 g/mol. The van der Waals surface area contributed by atoms with Crippen molar-refractivity contribution in [3.8, 4) is 5.69 Å².